The number of halogens is 2. The van der Waals surface area contributed by atoms with Gasteiger partial charge >= 0.3 is 0 Å². The van der Waals surface area contributed by atoms with Gasteiger partial charge in [0.1, 0.15) is 4.90 Å². The average Bonchev–Trinajstić information content (AvgIpc) is 2.58. The summed E-state index contributed by atoms with van der Waals surface area (Å²) in [7, 11) is -2.69. The van der Waals surface area contributed by atoms with Gasteiger partial charge in [0.2, 0.25) is 10.0 Å². The van der Waals surface area contributed by atoms with Crippen LogP contribution in [0.4, 0.5) is 5.69 Å². The van der Waals surface area contributed by atoms with Crippen LogP contribution in [0.5, 0.6) is 0 Å². The number of hydrogen-bond acceptors (Lipinski definition) is 5. The zero-order valence-electron chi connectivity index (χ0n) is 13.0. The van der Waals surface area contributed by atoms with E-state index >= 15 is 0 Å². The quantitative estimate of drug-likeness (QED) is 0.561. The van der Waals surface area contributed by atoms with E-state index in [1.54, 1.807) is 24.3 Å². The predicted molar refractivity (Wildman–Crippen MR) is 94.5 cm³/mol. The molecule has 0 bridgehead atoms. The third kappa shape index (κ3) is 4.68. The van der Waals surface area contributed by atoms with Gasteiger partial charge in [-0.3, -0.25) is 10.1 Å². The highest BCUT2D eigenvalue weighted by Crippen LogP contribution is 2.33. The van der Waals surface area contributed by atoms with Crippen LogP contribution < -0.4 is 4.72 Å². The molecule has 10 heteroatoms. The number of non-ortho nitro benzene ring substituents is 1. The molecule has 0 radical (unpaired) electrons. The third-order valence-corrected chi connectivity index (χ3v) is 5.76. The van der Waals surface area contributed by atoms with Crippen molar-refractivity contribution in [3.8, 4) is 0 Å². The van der Waals surface area contributed by atoms with Crippen molar-refractivity contribution in [2.75, 3.05) is 13.7 Å². The first-order valence-corrected chi connectivity index (χ1v) is 9.21. The molecule has 7 nitrogen and oxygen atoms in total. The SMILES string of the molecule is CO[C@H](CNS(=O)(=O)c1cc([N+](=O)[O-])cc(Cl)c1Cl)c1ccccc1. The molecule has 0 fully saturated rings. The highest BCUT2D eigenvalue weighted by Gasteiger charge is 2.25. The van der Waals surface area contributed by atoms with Gasteiger partial charge in [0.05, 0.1) is 21.1 Å². The van der Waals surface area contributed by atoms with Crippen LogP contribution in [0.3, 0.4) is 0 Å². The predicted octanol–water partition coefficient (Wildman–Crippen LogP) is 3.57. The van der Waals surface area contributed by atoms with Gasteiger partial charge in [-0.15, -0.1) is 0 Å². The fourth-order valence-electron chi connectivity index (χ4n) is 2.12. The maximum Gasteiger partial charge on any atom is 0.272 e. The maximum absolute atomic E-state index is 12.5. The Labute approximate surface area is 154 Å². The molecule has 0 saturated heterocycles. The van der Waals surface area contributed by atoms with E-state index in [-0.39, 0.29) is 16.6 Å². The second-order valence-corrected chi connectivity index (χ2v) is 7.50. The van der Waals surface area contributed by atoms with Gasteiger partial charge in [0.15, 0.2) is 0 Å². The van der Waals surface area contributed by atoms with E-state index in [9.17, 15) is 18.5 Å². The summed E-state index contributed by atoms with van der Waals surface area (Å²) < 4.78 is 32.6. The van der Waals surface area contributed by atoms with Crippen molar-refractivity contribution in [3.05, 3.63) is 68.2 Å². The fourth-order valence-corrected chi connectivity index (χ4v) is 3.95. The molecule has 134 valence electrons. The topological polar surface area (TPSA) is 98.5 Å². The molecule has 2 aromatic rings. The number of sulfonamides is 1. The number of nitro benzene ring substituents is 1. The zero-order chi connectivity index (χ0) is 18.6. The summed E-state index contributed by atoms with van der Waals surface area (Å²) in [6.07, 6.45) is -0.538. The van der Waals surface area contributed by atoms with Gasteiger partial charge in [-0.25, -0.2) is 13.1 Å². The number of methoxy groups -OCH3 is 1. The van der Waals surface area contributed by atoms with Crippen LogP contribution in [0.2, 0.25) is 10.0 Å². The molecule has 2 aromatic carbocycles. The highest BCUT2D eigenvalue weighted by molar-refractivity contribution is 7.89. The zero-order valence-corrected chi connectivity index (χ0v) is 15.3. The molecule has 0 unspecified atom stereocenters. The lowest BCUT2D eigenvalue weighted by atomic mass is 10.1. The van der Waals surface area contributed by atoms with Gasteiger partial charge in [-0.2, -0.15) is 0 Å². The van der Waals surface area contributed by atoms with E-state index < -0.39 is 31.6 Å². The first kappa shape index (κ1) is 19.6. The molecule has 1 atom stereocenters. The van der Waals surface area contributed by atoms with Crippen LogP contribution in [-0.2, 0) is 14.8 Å². The van der Waals surface area contributed by atoms with Gasteiger partial charge in [0, 0.05) is 25.8 Å². The van der Waals surface area contributed by atoms with Crippen LogP contribution in [-0.4, -0.2) is 27.0 Å². The highest BCUT2D eigenvalue weighted by atomic mass is 35.5. The first-order valence-electron chi connectivity index (χ1n) is 6.97. The Morgan fingerprint density at radius 1 is 1.24 bits per heavy atom. The summed E-state index contributed by atoms with van der Waals surface area (Å²) in [6, 6.07) is 10.9. The molecule has 0 aliphatic rings. The summed E-state index contributed by atoms with van der Waals surface area (Å²) >= 11 is 11.7. The Morgan fingerprint density at radius 3 is 2.44 bits per heavy atom. The number of nitrogens with zero attached hydrogens (tertiary/aromatic N) is 1. The lowest BCUT2D eigenvalue weighted by Crippen LogP contribution is -2.29. The standard InChI is InChI=1S/C15H14Cl2N2O5S/c1-24-13(10-5-3-2-4-6-10)9-18-25(22,23)14-8-11(19(20)21)7-12(16)15(14)17/h2-8,13,18H,9H2,1H3/t13-/m1/s1. The molecular weight excluding hydrogens is 391 g/mol. The van der Waals surface area contributed by atoms with Crippen molar-refractivity contribution < 1.29 is 18.1 Å². The molecule has 2 rings (SSSR count). The lowest BCUT2D eigenvalue weighted by molar-refractivity contribution is -0.385. The van der Waals surface area contributed by atoms with Crippen LogP contribution in [0, 0.1) is 10.1 Å². The van der Waals surface area contributed by atoms with E-state index in [0.29, 0.717) is 0 Å². The largest absolute Gasteiger partial charge is 0.375 e. The van der Waals surface area contributed by atoms with E-state index in [1.807, 2.05) is 6.07 Å². The Balaban J connectivity index is 2.29. The Bertz CT molecular complexity index is 875. The van der Waals surface area contributed by atoms with Crippen LogP contribution in [0.15, 0.2) is 47.4 Å². The molecule has 1 N–H and O–H groups in total. The summed E-state index contributed by atoms with van der Waals surface area (Å²) in [4.78, 5) is 9.70. The van der Waals surface area contributed by atoms with Crippen molar-refractivity contribution in [2.24, 2.45) is 0 Å². The molecule has 0 spiro atoms. The Kier molecular flexibility index (Phi) is 6.36. The van der Waals surface area contributed by atoms with E-state index in [1.165, 1.54) is 7.11 Å². The molecule has 0 aliphatic heterocycles. The third-order valence-electron chi connectivity index (χ3n) is 3.39. The number of hydrogen-bond donors (Lipinski definition) is 1. The summed E-state index contributed by atoms with van der Waals surface area (Å²) in [6.45, 7) is -0.0838. The minimum Gasteiger partial charge on any atom is -0.375 e. The van der Waals surface area contributed by atoms with Crippen molar-refractivity contribution in [2.45, 2.75) is 11.0 Å². The molecule has 25 heavy (non-hydrogen) atoms. The summed E-state index contributed by atoms with van der Waals surface area (Å²) in [5, 5.41) is 10.4. The average molecular weight is 405 g/mol. The molecule has 0 heterocycles. The molecular formula is C15H14Cl2N2O5S. The van der Waals surface area contributed by atoms with Crippen molar-refractivity contribution >= 4 is 38.9 Å². The number of nitrogens with one attached hydrogen (secondary N) is 1. The minimum absolute atomic E-state index is 0.0838. The maximum atomic E-state index is 12.5. The van der Waals surface area contributed by atoms with Crippen molar-refractivity contribution in [3.63, 3.8) is 0 Å². The van der Waals surface area contributed by atoms with Crippen molar-refractivity contribution in [1.29, 1.82) is 0 Å². The van der Waals surface area contributed by atoms with Gasteiger partial charge in [-0.05, 0) is 5.56 Å². The fraction of sp³-hybridized carbons (Fsp3) is 0.200. The van der Waals surface area contributed by atoms with Crippen LogP contribution in [0.25, 0.3) is 0 Å². The summed E-state index contributed by atoms with van der Waals surface area (Å²) in [5.41, 5.74) is 0.303. The van der Waals surface area contributed by atoms with Gasteiger partial charge < -0.3 is 4.74 Å². The van der Waals surface area contributed by atoms with Crippen LogP contribution in [0.1, 0.15) is 11.7 Å². The van der Waals surface area contributed by atoms with Gasteiger partial charge in [-0.1, -0.05) is 53.5 Å². The first-order chi connectivity index (χ1) is 11.8. The summed E-state index contributed by atoms with van der Waals surface area (Å²) in [5.74, 6) is 0. The van der Waals surface area contributed by atoms with E-state index in [2.05, 4.69) is 4.72 Å². The molecule has 0 aliphatic carbocycles. The lowest BCUT2D eigenvalue weighted by Gasteiger charge is -2.17. The normalized spacial score (nSPS) is 12.8. The number of ether oxygens (including phenoxy) is 1. The second-order valence-electron chi connectivity index (χ2n) is 4.98. The number of nitro groups is 1. The van der Waals surface area contributed by atoms with E-state index in [4.69, 9.17) is 27.9 Å². The van der Waals surface area contributed by atoms with E-state index in [0.717, 1.165) is 17.7 Å². The Morgan fingerprint density at radius 2 is 1.88 bits per heavy atom. The second kappa shape index (κ2) is 8.11. The van der Waals surface area contributed by atoms with Crippen molar-refractivity contribution in [1.82, 2.24) is 4.72 Å². The Hall–Kier alpha value is -1.71. The smallest absolute Gasteiger partial charge is 0.272 e. The number of benzene rings is 2. The molecule has 0 saturated carbocycles. The molecule has 0 aromatic heterocycles. The molecule has 0 amide bonds. The minimum atomic E-state index is -4.13. The van der Waals surface area contributed by atoms with Crippen LogP contribution >= 0.6 is 23.2 Å². The van der Waals surface area contributed by atoms with Gasteiger partial charge in [0.25, 0.3) is 5.69 Å². The number of rotatable bonds is 7. The monoisotopic (exact) mass is 404 g/mol.